The van der Waals surface area contributed by atoms with Crippen molar-refractivity contribution in [2.75, 3.05) is 6.54 Å². The smallest absolute Gasteiger partial charge is 0.120 e. The molecule has 2 unspecified atom stereocenters. The first kappa shape index (κ1) is 16.1. The molecule has 1 aliphatic carbocycles. The van der Waals surface area contributed by atoms with Crippen molar-refractivity contribution >= 4 is 0 Å². The second kappa shape index (κ2) is 7.63. The van der Waals surface area contributed by atoms with Gasteiger partial charge in [-0.1, -0.05) is 12.8 Å². The summed E-state index contributed by atoms with van der Waals surface area (Å²) in [7, 11) is 1.93. The molecule has 0 aliphatic heterocycles. The average Bonchev–Trinajstić information content (AvgIpc) is 2.76. The van der Waals surface area contributed by atoms with Crippen LogP contribution in [0.4, 0.5) is 0 Å². The molecule has 0 saturated heterocycles. The van der Waals surface area contributed by atoms with Crippen LogP contribution in [0.1, 0.15) is 55.5 Å². The number of aliphatic hydroxyl groups is 1. The maximum Gasteiger partial charge on any atom is 0.120 e. The Hall–Kier alpha value is -1.31. The number of nitrogens with zero attached hydrogens (tertiary/aromatic N) is 2. The van der Waals surface area contributed by atoms with Crippen molar-refractivity contribution in [3.8, 4) is 6.07 Å². The van der Waals surface area contributed by atoms with Gasteiger partial charge < -0.3 is 15.0 Å². The fourth-order valence-electron chi connectivity index (χ4n) is 3.29. The minimum atomic E-state index is -0.0756. The second-order valence-corrected chi connectivity index (χ2v) is 6.24. The maximum absolute atomic E-state index is 9.95. The summed E-state index contributed by atoms with van der Waals surface area (Å²) in [5.41, 5.74) is 3.07. The molecule has 1 fully saturated rings. The molecular formula is C17H27N3O. The summed E-state index contributed by atoms with van der Waals surface area (Å²) in [5, 5.41) is 22.4. The quantitative estimate of drug-likeness (QED) is 0.791. The molecule has 0 aromatic carbocycles. The average molecular weight is 289 g/mol. The van der Waals surface area contributed by atoms with Gasteiger partial charge in [-0.2, -0.15) is 5.26 Å². The third kappa shape index (κ3) is 4.09. The molecule has 1 aromatic rings. The van der Waals surface area contributed by atoms with E-state index in [0.29, 0.717) is 5.92 Å². The zero-order valence-electron chi connectivity index (χ0n) is 13.2. The van der Waals surface area contributed by atoms with Crippen LogP contribution in [0.2, 0.25) is 0 Å². The summed E-state index contributed by atoms with van der Waals surface area (Å²) in [5.74, 6) is 0.504. The number of nitrogens with one attached hydrogen (secondary N) is 1. The van der Waals surface area contributed by atoms with Gasteiger partial charge in [-0.05, 0) is 56.7 Å². The maximum atomic E-state index is 9.95. The lowest BCUT2D eigenvalue weighted by Crippen LogP contribution is -2.25. The van der Waals surface area contributed by atoms with E-state index in [0.717, 1.165) is 43.7 Å². The monoisotopic (exact) mass is 289 g/mol. The van der Waals surface area contributed by atoms with Crippen LogP contribution in [-0.4, -0.2) is 22.3 Å². The minimum absolute atomic E-state index is 0.0756. The standard InChI is InChI=1S/C17H27N3O/c1-13-15(10-16(11-18)20(13)2)12-19-9-5-7-14-6-3-4-8-17(14)21/h10,14,17,19,21H,3-9,12H2,1-2H3. The van der Waals surface area contributed by atoms with Gasteiger partial charge in [-0.15, -0.1) is 0 Å². The van der Waals surface area contributed by atoms with Crippen LogP contribution in [0.15, 0.2) is 6.07 Å². The van der Waals surface area contributed by atoms with Gasteiger partial charge >= 0.3 is 0 Å². The Balaban J connectivity index is 1.69. The topological polar surface area (TPSA) is 61.0 Å². The highest BCUT2D eigenvalue weighted by molar-refractivity contribution is 5.33. The highest BCUT2D eigenvalue weighted by Gasteiger charge is 2.22. The first-order valence-corrected chi connectivity index (χ1v) is 8.07. The van der Waals surface area contributed by atoms with E-state index in [2.05, 4.69) is 18.3 Å². The summed E-state index contributed by atoms with van der Waals surface area (Å²) in [4.78, 5) is 0. The molecule has 4 nitrogen and oxygen atoms in total. The molecule has 2 N–H and O–H groups in total. The van der Waals surface area contributed by atoms with E-state index in [1.807, 2.05) is 17.7 Å². The van der Waals surface area contributed by atoms with Crippen molar-refractivity contribution in [2.45, 2.75) is 58.1 Å². The lowest BCUT2D eigenvalue weighted by atomic mass is 9.83. The number of hydrogen-bond acceptors (Lipinski definition) is 3. The van der Waals surface area contributed by atoms with Gasteiger partial charge in [0.25, 0.3) is 0 Å². The number of aliphatic hydroxyl groups excluding tert-OH is 1. The molecule has 1 aromatic heterocycles. The Morgan fingerprint density at radius 1 is 1.43 bits per heavy atom. The van der Waals surface area contributed by atoms with Crippen LogP contribution in [0.25, 0.3) is 0 Å². The molecule has 116 valence electrons. The Labute approximate surface area is 127 Å². The molecule has 0 bridgehead atoms. The normalized spacial score (nSPS) is 22.2. The van der Waals surface area contributed by atoms with E-state index in [1.165, 1.54) is 24.8 Å². The van der Waals surface area contributed by atoms with Crippen molar-refractivity contribution in [3.05, 3.63) is 23.0 Å². The highest BCUT2D eigenvalue weighted by Crippen LogP contribution is 2.27. The van der Waals surface area contributed by atoms with Gasteiger partial charge in [0.1, 0.15) is 11.8 Å². The Morgan fingerprint density at radius 3 is 2.86 bits per heavy atom. The molecule has 0 amide bonds. The number of hydrogen-bond donors (Lipinski definition) is 2. The van der Waals surface area contributed by atoms with Crippen LogP contribution in [0, 0.1) is 24.2 Å². The van der Waals surface area contributed by atoms with Crippen molar-refractivity contribution in [1.82, 2.24) is 9.88 Å². The molecule has 2 atom stereocenters. The van der Waals surface area contributed by atoms with Crippen LogP contribution < -0.4 is 5.32 Å². The molecule has 2 rings (SSSR count). The van der Waals surface area contributed by atoms with Crippen LogP contribution in [0.3, 0.4) is 0 Å². The van der Waals surface area contributed by atoms with Crippen LogP contribution >= 0.6 is 0 Å². The number of aromatic nitrogens is 1. The predicted molar refractivity (Wildman–Crippen MR) is 83.8 cm³/mol. The SMILES string of the molecule is Cc1c(CNCCCC2CCCCC2O)cc(C#N)n1C. The van der Waals surface area contributed by atoms with E-state index in [-0.39, 0.29) is 6.10 Å². The molecule has 1 saturated carbocycles. The first-order valence-electron chi connectivity index (χ1n) is 8.07. The van der Waals surface area contributed by atoms with Gasteiger partial charge in [0, 0.05) is 19.3 Å². The van der Waals surface area contributed by atoms with E-state index >= 15 is 0 Å². The van der Waals surface area contributed by atoms with Crippen LogP contribution in [0.5, 0.6) is 0 Å². The largest absolute Gasteiger partial charge is 0.393 e. The molecule has 1 heterocycles. The van der Waals surface area contributed by atoms with Crippen molar-refractivity contribution in [2.24, 2.45) is 13.0 Å². The third-order valence-electron chi connectivity index (χ3n) is 4.87. The zero-order valence-corrected chi connectivity index (χ0v) is 13.2. The van der Waals surface area contributed by atoms with E-state index in [4.69, 9.17) is 5.26 Å². The lowest BCUT2D eigenvalue weighted by molar-refractivity contribution is 0.0643. The lowest BCUT2D eigenvalue weighted by Gasteiger charge is -2.27. The van der Waals surface area contributed by atoms with Gasteiger partial charge in [-0.3, -0.25) is 0 Å². The van der Waals surface area contributed by atoms with E-state index in [1.54, 1.807) is 0 Å². The molecule has 0 spiro atoms. The fraction of sp³-hybridized carbons (Fsp3) is 0.706. The molecule has 21 heavy (non-hydrogen) atoms. The molecule has 1 aliphatic rings. The fourth-order valence-corrected chi connectivity index (χ4v) is 3.29. The van der Waals surface area contributed by atoms with Crippen molar-refractivity contribution in [1.29, 1.82) is 5.26 Å². The number of nitriles is 1. The third-order valence-corrected chi connectivity index (χ3v) is 4.87. The minimum Gasteiger partial charge on any atom is -0.393 e. The summed E-state index contributed by atoms with van der Waals surface area (Å²) in [6.07, 6.45) is 6.78. The number of rotatable bonds is 6. The van der Waals surface area contributed by atoms with Gasteiger partial charge in [0.2, 0.25) is 0 Å². The van der Waals surface area contributed by atoms with E-state index in [9.17, 15) is 5.11 Å². The molecule has 4 heteroatoms. The van der Waals surface area contributed by atoms with Crippen LogP contribution in [-0.2, 0) is 13.6 Å². The highest BCUT2D eigenvalue weighted by atomic mass is 16.3. The molecule has 0 radical (unpaired) electrons. The summed E-state index contributed by atoms with van der Waals surface area (Å²) >= 11 is 0. The summed E-state index contributed by atoms with van der Waals surface area (Å²) < 4.78 is 1.94. The Bertz CT molecular complexity index is 501. The van der Waals surface area contributed by atoms with Gasteiger partial charge in [-0.25, -0.2) is 0 Å². The first-order chi connectivity index (χ1) is 10.1. The summed E-state index contributed by atoms with van der Waals surface area (Å²) in [6.45, 7) is 3.84. The second-order valence-electron chi connectivity index (χ2n) is 6.24. The summed E-state index contributed by atoms with van der Waals surface area (Å²) in [6, 6.07) is 4.18. The molecular weight excluding hydrogens is 262 g/mol. The predicted octanol–water partition coefficient (Wildman–Crippen LogP) is 2.63. The Kier molecular flexibility index (Phi) is 5.84. The zero-order chi connectivity index (χ0) is 15.2. The van der Waals surface area contributed by atoms with Gasteiger partial charge in [0.15, 0.2) is 0 Å². The Morgan fingerprint density at radius 2 is 2.19 bits per heavy atom. The van der Waals surface area contributed by atoms with Gasteiger partial charge in [0.05, 0.1) is 6.10 Å². The van der Waals surface area contributed by atoms with Crippen molar-refractivity contribution < 1.29 is 5.11 Å². The van der Waals surface area contributed by atoms with Crippen molar-refractivity contribution in [3.63, 3.8) is 0 Å². The van der Waals surface area contributed by atoms with E-state index < -0.39 is 0 Å².